The van der Waals surface area contributed by atoms with Gasteiger partial charge < -0.3 is 10.2 Å². The molecule has 0 heterocycles. The van der Waals surface area contributed by atoms with Crippen molar-refractivity contribution in [3.8, 4) is 0 Å². The fourth-order valence-electron chi connectivity index (χ4n) is 2.77. The van der Waals surface area contributed by atoms with E-state index in [0.717, 1.165) is 11.0 Å². The lowest BCUT2D eigenvalue weighted by Gasteiger charge is -2.36. The quantitative estimate of drug-likeness (QED) is 0.854. The van der Waals surface area contributed by atoms with E-state index >= 15 is 0 Å². The van der Waals surface area contributed by atoms with E-state index in [-0.39, 0.29) is 0 Å². The summed E-state index contributed by atoms with van der Waals surface area (Å²) in [5.41, 5.74) is 2.79. The highest BCUT2D eigenvalue weighted by Crippen LogP contribution is 2.34. The maximum Gasteiger partial charge on any atom is 0.0387 e. The molecule has 2 unspecified atom stereocenters. The zero-order valence-electron chi connectivity index (χ0n) is 13.0. The molecule has 0 amide bonds. The van der Waals surface area contributed by atoms with Gasteiger partial charge in [-0.05, 0) is 69.7 Å². The summed E-state index contributed by atoms with van der Waals surface area (Å²) in [6.07, 6.45) is 0. The molecule has 0 aromatic heterocycles. The number of rotatable bonds is 6. The van der Waals surface area contributed by atoms with Gasteiger partial charge >= 0.3 is 0 Å². The second-order valence-electron chi connectivity index (χ2n) is 5.87. The molecule has 0 saturated heterocycles. The van der Waals surface area contributed by atoms with E-state index in [2.05, 4.69) is 79.2 Å². The van der Waals surface area contributed by atoms with Crippen LogP contribution in [0.5, 0.6) is 0 Å². The summed E-state index contributed by atoms with van der Waals surface area (Å²) in [6.45, 7) is 7.86. The van der Waals surface area contributed by atoms with Gasteiger partial charge in [-0.1, -0.05) is 35.8 Å². The molecule has 1 aromatic carbocycles. The van der Waals surface area contributed by atoms with Crippen LogP contribution in [-0.2, 0) is 0 Å². The van der Waals surface area contributed by atoms with Crippen molar-refractivity contribution in [1.82, 2.24) is 10.2 Å². The summed E-state index contributed by atoms with van der Waals surface area (Å²) < 4.78 is 1.16. The van der Waals surface area contributed by atoms with E-state index in [0.29, 0.717) is 17.9 Å². The van der Waals surface area contributed by atoms with Gasteiger partial charge in [-0.2, -0.15) is 0 Å². The zero-order valence-corrected chi connectivity index (χ0v) is 14.6. The normalized spacial score (nSPS) is 15.0. The molecule has 0 radical (unpaired) electrons. The maximum absolute atomic E-state index is 3.60. The number of benzene rings is 1. The zero-order chi connectivity index (χ0) is 14.6. The van der Waals surface area contributed by atoms with Crippen LogP contribution in [0, 0.1) is 18.8 Å². The van der Waals surface area contributed by atoms with Crippen molar-refractivity contribution in [2.24, 2.45) is 11.8 Å². The van der Waals surface area contributed by atoms with E-state index in [1.54, 1.807) is 0 Å². The molecule has 2 atom stereocenters. The monoisotopic (exact) mass is 326 g/mol. The van der Waals surface area contributed by atoms with Crippen molar-refractivity contribution < 1.29 is 0 Å². The van der Waals surface area contributed by atoms with Crippen molar-refractivity contribution in [3.05, 3.63) is 33.8 Å². The van der Waals surface area contributed by atoms with E-state index in [9.17, 15) is 0 Å². The summed E-state index contributed by atoms with van der Waals surface area (Å²) in [7, 11) is 6.39. The predicted octanol–water partition coefficient (Wildman–Crippen LogP) is 3.85. The van der Waals surface area contributed by atoms with Gasteiger partial charge in [0.05, 0.1) is 0 Å². The Kier molecular flexibility index (Phi) is 6.51. The third-order valence-corrected chi connectivity index (χ3v) is 4.31. The molecular formula is C16H27BrN2. The van der Waals surface area contributed by atoms with E-state index in [1.165, 1.54) is 11.1 Å². The third-order valence-electron chi connectivity index (χ3n) is 3.82. The Balaban J connectivity index is 3.21. The molecule has 3 heteroatoms. The molecule has 1 rings (SSSR count). The van der Waals surface area contributed by atoms with Crippen molar-refractivity contribution >= 4 is 15.9 Å². The molecule has 0 spiro atoms. The lowest BCUT2D eigenvalue weighted by Crippen LogP contribution is -2.36. The van der Waals surface area contributed by atoms with Gasteiger partial charge in [0.1, 0.15) is 0 Å². The van der Waals surface area contributed by atoms with Gasteiger partial charge in [-0.3, -0.25) is 0 Å². The van der Waals surface area contributed by atoms with Gasteiger partial charge in [0, 0.05) is 10.5 Å². The largest absolute Gasteiger partial charge is 0.319 e. The smallest absolute Gasteiger partial charge is 0.0387 e. The van der Waals surface area contributed by atoms with Crippen LogP contribution in [0.25, 0.3) is 0 Å². The molecule has 1 N–H and O–H groups in total. The van der Waals surface area contributed by atoms with Gasteiger partial charge in [0.15, 0.2) is 0 Å². The van der Waals surface area contributed by atoms with Crippen molar-refractivity contribution in [2.75, 3.05) is 27.7 Å². The Labute approximate surface area is 126 Å². The molecule has 0 aliphatic heterocycles. The van der Waals surface area contributed by atoms with Crippen LogP contribution in [0.2, 0.25) is 0 Å². The van der Waals surface area contributed by atoms with Gasteiger partial charge in [-0.15, -0.1) is 0 Å². The van der Waals surface area contributed by atoms with E-state index in [4.69, 9.17) is 0 Å². The lowest BCUT2D eigenvalue weighted by atomic mass is 9.82. The summed E-state index contributed by atoms with van der Waals surface area (Å²) in [4.78, 5) is 2.34. The molecule has 19 heavy (non-hydrogen) atoms. The highest BCUT2D eigenvalue weighted by molar-refractivity contribution is 9.10. The van der Waals surface area contributed by atoms with E-state index < -0.39 is 0 Å². The Morgan fingerprint density at radius 2 is 1.89 bits per heavy atom. The van der Waals surface area contributed by atoms with Crippen LogP contribution in [0.15, 0.2) is 22.7 Å². The van der Waals surface area contributed by atoms with Crippen LogP contribution < -0.4 is 5.32 Å². The SMILES string of the molecule is CNCC(C(C)C)C(c1cc(Br)ccc1C)N(C)C. The van der Waals surface area contributed by atoms with Crippen molar-refractivity contribution in [2.45, 2.75) is 26.8 Å². The summed E-state index contributed by atoms with van der Waals surface area (Å²) in [6, 6.07) is 7.02. The van der Waals surface area contributed by atoms with Crippen LogP contribution in [-0.4, -0.2) is 32.6 Å². The third kappa shape index (κ3) is 4.30. The predicted molar refractivity (Wildman–Crippen MR) is 87.6 cm³/mol. The fraction of sp³-hybridized carbons (Fsp3) is 0.625. The van der Waals surface area contributed by atoms with Crippen molar-refractivity contribution in [1.29, 1.82) is 0 Å². The minimum Gasteiger partial charge on any atom is -0.319 e. The highest BCUT2D eigenvalue weighted by Gasteiger charge is 2.28. The second kappa shape index (κ2) is 7.41. The minimum absolute atomic E-state index is 0.435. The first kappa shape index (κ1) is 16.7. The Hall–Kier alpha value is -0.380. The molecule has 0 fully saturated rings. The average Bonchev–Trinajstić information content (AvgIpc) is 2.32. The number of aryl methyl sites for hydroxylation is 1. The Morgan fingerprint density at radius 1 is 1.26 bits per heavy atom. The number of halogens is 1. The van der Waals surface area contributed by atoms with Crippen LogP contribution in [0.1, 0.15) is 31.0 Å². The molecule has 2 nitrogen and oxygen atoms in total. The summed E-state index contributed by atoms with van der Waals surface area (Å²) in [5.74, 6) is 1.23. The van der Waals surface area contributed by atoms with Gasteiger partial charge in [-0.25, -0.2) is 0 Å². The van der Waals surface area contributed by atoms with Gasteiger partial charge in [0.25, 0.3) is 0 Å². The fourth-order valence-corrected chi connectivity index (χ4v) is 3.15. The molecule has 0 bridgehead atoms. The van der Waals surface area contributed by atoms with Crippen LogP contribution >= 0.6 is 15.9 Å². The maximum atomic E-state index is 3.60. The number of nitrogens with one attached hydrogen (secondary N) is 1. The number of hydrogen-bond donors (Lipinski definition) is 1. The Bertz CT molecular complexity index is 402. The average molecular weight is 327 g/mol. The molecule has 0 saturated carbocycles. The second-order valence-corrected chi connectivity index (χ2v) is 6.79. The van der Waals surface area contributed by atoms with Gasteiger partial charge in [0.2, 0.25) is 0 Å². The molecule has 0 aliphatic rings. The standard InChI is InChI=1S/C16H27BrN2/c1-11(2)15(10-18-4)16(19(5)6)14-9-13(17)8-7-12(14)3/h7-9,11,15-16,18H,10H2,1-6H3. The minimum atomic E-state index is 0.435. The highest BCUT2D eigenvalue weighted by atomic mass is 79.9. The first-order valence-electron chi connectivity index (χ1n) is 6.95. The number of nitrogens with zero attached hydrogens (tertiary/aromatic N) is 1. The molecule has 108 valence electrons. The lowest BCUT2D eigenvalue weighted by molar-refractivity contribution is 0.168. The van der Waals surface area contributed by atoms with Crippen LogP contribution in [0.4, 0.5) is 0 Å². The summed E-state index contributed by atoms with van der Waals surface area (Å²) in [5, 5.41) is 3.35. The van der Waals surface area contributed by atoms with Crippen LogP contribution in [0.3, 0.4) is 0 Å². The first-order valence-corrected chi connectivity index (χ1v) is 7.74. The Morgan fingerprint density at radius 3 is 2.37 bits per heavy atom. The molecular weight excluding hydrogens is 300 g/mol. The number of hydrogen-bond acceptors (Lipinski definition) is 2. The molecule has 0 aliphatic carbocycles. The summed E-state index contributed by atoms with van der Waals surface area (Å²) >= 11 is 3.60. The first-order chi connectivity index (χ1) is 8.88. The topological polar surface area (TPSA) is 15.3 Å². The van der Waals surface area contributed by atoms with Crippen molar-refractivity contribution in [3.63, 3.8) is 0 Å². The van der Waals surface area contributed by atoms with E-state index in [1.807, 2.05) is 7.05 Å². The molecule has 1 aromatic rings.